The van der Waals surface area contributed by atoms with Crippen molar-refractivity contribution >= 4 is 11.7 Å². The lowest BCUT2D eigenvalue weighted by Gasteiger charge is -2.11. The van der Waals surface area contributed by atoms with Gasteiger partial charge in [-0.15, -0.1) is 0 Å². The van der Waals surface area contributed by atoms with Crippen molar-refractivity contribution in [2.75, 3.05) is 5.32 Å². The van der Waals surface area contributed by atoms with Crippen molar-refractivity contribution in [2.24, 2.45) is 0 Å². The molecule has 4 aromatic rings. The number of rotatable bonds is 5. The molecule has 1 amide bonds. The van der Waals surface area contributed by atoms with Crippen LogP contribution in [0.15, 0.2) is 64.1 Å². The fourth-order valence-corrected chi connectivity index (χ4v) is 2.85. The molecule has 0 atom stereocenters. The van der Waals surface area contributed by atoms with Gasteiger partial charge >= 0.3 is 6.18 Å². The number of halogens is 3. The van der Waals surface area contributed by atoms with Crippen molar-refractivity contribution < 1.29 is 26.9 Å². The molecule has 0 saturated heterocycles. The van der Waals surface area contributed by atoms with Crippen LogP contribution in [0.5, 0.6) is 0 Å². The molecule has 30 heavy (non-hydrogen) atoms. The predicted molar refractivity (Wildman–Crippen MR) is 99.7 cm³/mol. The minimum Gasteiger partial charge on any atom is -0.461 e. The Bertz CT molecular complexity index is 1180. The van der Waals surface area contributed by atoms with Crippen molar-refractivity contribution in [2.45, 2.75) is 19.6 Å². The van der Waals surface area contributed by atoms with Gasteiger partial charge < -0.3 is 18.8 Å². The highest BCUT2D eigenvalue weighted by molar-refractivity contribution is 6.02. The Morgan fingerprint density at radius 3 is 2.73 bits per heavy atom. The van der Waals surface area contributed by atoms with Crippen LogP contribution in [0.1, 0.15) is 27.2 Å². The number of carbonyl (C=O) groups excluding carboxylic acids is 1. The average molecular weight is 416 g/mol. The zero-order valence-corrected chi connectivity index (χ0v) is 15.6. The number of nitrogens with one attached hydrogen (secondary N) is 1. The van der Waals surface area contributed by atoms with Gasteiger partial charge in [0.2, 0.25) is 5.76 Å². The fraction of sp³-hybridized carbons (Fsp3) is 0.150. The van der Waals surface area contributed by atoms with Gasteiger partial charge in [0.15, 0.2) is 17.3 Å². The first-order valence-corrected chi connectivity index (χ1v) is 8.80. The molecule has 0 saturated carbocycles. The summed E-state index contributed by atoms with van der Waals surface area (Å²) in [4.78, 5) is 16.4. The Morgan fingerprint density at radius 1 is 1.20 bits per heavy atom. The molecule has 0 aliphatic carbocycles. The molecule has 0 aliphatic rings. The smallest absolute Gasteiger partial charge is 0.416 e. The molecular weight excluding hydrogens is 401 g/mol. The molecular formula is C20H15F3N4O3. The van der Waals surface area contributed by atoms with Gasteiger partial charge in [-0.05, 0) is 42.3 Å². The van der Waals surface area contributed by atoms with E-state index in [2.05, 4.69) is 15.5 Å². The third-order valence-electron chi connectivity index (χ3n) is 4.40. The maximum atomic E-state index is 12.8. The summed E-state index contributed by atoms with van der Waals surface area (Å²) in [6.45, 7) is 1.92. The van der Waals surface area contributed by atoms with Gasteiger partial charge in [-0.2, -0.15) is 13.2 Å². The summed E-state index contributed by atoms with van der Waals surface area (Å²) < 4.78 is 50.3. The van der Waals surface area contributed by atoms with Crippen LogP contribution >= 0.6 is 0 Å². The monoisotopic (exact) mass is 416 g/mol. The van der Waals surface area contributed by atoms with Crippen LogP contribution < -0.4 is 5.32 Å². The molecule has 0 unspecified atom stereocenters. The van der Waals surface area contributed by atoms with Gasteiger partial charge in [0.25, 0.3) is 5.91 Å². The maximum Gasteiger partial charge on any atom is 0.416 e. The number of carbonyl (C=O) groups is 1. The topological polar surface area (TPSA) is 86.1 Å². The van der Waals surface area contributed by atoms with Crippen molar-refractivity contribution in [1.82, 2.24) is 14.7 Å². The zero-order valence-electron chi connectivity index (χ0n) is 15.6. The summed E-state index contributed by atoms with van der Waals surface area (Å²) in [5.41, 5.74) is 0.577. The Balaban J connectivity index is 1.43. The van der Waals surface area contributed by atoms with E-state index < -0.39 is 17.6 Å². The predicted octanol–water partition coefficient (Wildman–Crippen LogP) is 4.76. The molecule has 1 aromatic carbocycles. The molecule has 0 radical (unpaired) electrons. The van der Waals surface area contributed by atoms with E-state index in [0.29, 0.717) is 29.2 Å². The number of hydrogen-bond donors (Lipinski definition) is 1. The number of nitrogens with zero attached hydrogens (tertiary/aromatic N) is 3. The molecule has 154 valence electrons. The van der Waals surface area contributed by atoms with E-state index >= 15 is 0 Å². The maximum absolute atomic E-state index is 12.8. The first-order chi connectivity index (χ1) is 14.3. The lowest BCUT2D eigenvalue weighted by Crippen LogP contribution is -2.12. The third kappa shape index (κ3) is 4.12. The average Bonchev–Trinajstić information content (AvgIpc) is 3.44. The number of hydrogen-bond acceptors (Lipinski definition) is 5. The Labute approximate surface area is 168 Å². The Kier molecular flexibility index (Phi) is 4.90. The molecule has 1 N–H and O–H groups in total. The van der Waals surface area contributed by atoms with Crippen LogP contribution in [0.4, 0.5) is 19.0 Å². The number of anilines is 1. The highest BCUT2D eigenvalue weighted by Crippen LogP contribution is 2.30. The molecule has 0 aliphatic heterocycles. The Morgan fingerprint density at radius 2 is 2.03 bits per heavy atom. The van der Waals surface area contributed by atoms with E-state index in [1.54, 1.807) is 29.8 Å². The summed E-state index contributed by atoms with van der Waals surface area (Å²) in [5, 5.41) is 6.30. The molecule has 0 spiro atoms. The molecule has 3 heterocycles. The largest absolute Gasteiger partial charge is 0.461 e. The normalized spacial score (nSPS) is 11.6. The number of benzene rings is 1. The summed E-state index contributed by atoms with van der Waals surface area (Å²) in [7, 11) is 0. The molecule has 0 bridgehead atoms. The quantitative estimate of drug-likeness (QED) is 0.507. The highest BCUT2D eigenvalue weighted by Gasteiger charge is 2.30. The number of furan rings is 1. The van der Waals surface area contributed by atoms with E-state index in [0.717, 1.165) is 12.1 Å². The minimum atomic E-state index is -4.38. The number of amides is 1. The van der Waals surface area contributed by atoms with Gasteiger partial charge in [0, 0.05) is 18.8 Å². The van der Waals surface area contributed by atoms with Crippen LogP contribution in [-0.2, 0) is 12.7 Å². The zero-order chi connectivity index (χ0) is 21.3. The lowest BCUT2D eigenvalue weighted by atomic mass is 10.0. The van der Waals surface area contributed by atoms with Crippen LogP contribution in [0.2, 0.25) is 0 Å². The molecule has 0 fully saturated rings. The van der Waals surface area contributed by atoms with Crippen molar-refractivity contribution in [3.05, 3.63) is 77.6 Å². The fourth-order valence-electron chi connectivity index (χ4n) is 2.85. The minimum absolute atomic E-state index is 0.0505. The first-order valence-electron chi connectivity index (χ1n) is 8.80. The van der Waals surface area contributed by atoms with Crippen molar-refractivity contribution in [3.8, 4) is 11.5 Å². The number of imidazole rings is 1. The third-order valence-corrected chi connectivity index (χ3v) is 4.40. The molecule has 7 nitrogen and oxygen atoms in total. The molecule has 4 rings (SSSR count). The Hall–Kier alpha value is -3.82. The van der Waals surface area contributed by atoms with Crippen molar-refractivity contribution in [1.29, 1.82) is 0 Å². The second-order valence-corrected chi connectivity index (χ2v) is 6.58. The number of aromatic nitrogens is 3. The lowest BCUT2D eigenvalue weighted by molar-refractivity contribution is -0.137. The van der Waals surface area contributed by atoms with E-state index in [-0.39, 0.29) is 11.5 Å². The molecule has 10 heteroatoms. The standard InChI is InChI=1S/C20H15F3N4O3/c1-12-7-14(20(21,22)23)5-4-13(12)9-27-10-18(24-11-27)25-19(28)15-8-17(30-26-15)16-3-2-6-29-16/h2-8,10-11H,9H2,1H3,(H,25,28). The van der Waals surface area contributed by atoms with E-state index in [1.165, 1.54) is 24.7 Å². The first kappa shape index (κ1) is 19.5. The second kappa shape index (κ2) is 7.54. The number of aryl methyl sites for hydroxylation is 1. The second-order valence-electron chi connectivity index (χ2n) is 6.58. The van der Waals surface area contributed by atoms with Crippen LogP contribution in [0, 0.1) is 6.92 Å². The van der Waals surface area contributed by atoms with Crippen LogP contribution in [0.25, 0.3) is 11.5 Å². The van der Waals surface area contributed by atoms with Gasteiger partial charge in [0.1, 0.15) is 0 Å². The van der Waals surface area contributed by atoms with Crippen LogP contribution in [-0.4, -0.2) is 20.6 Å². The SMILES string of the molecule is Cc1cc(C(F)(F)F)ccc1Cn1cnc(NC(=O)c2cc(-c3ccco3)on2)c1. The van der Waals surface area contributed by atoms with E-state index in [4.69, 9.17) is 8.94 Å². The summed E-state index contributed by atoms with van der Waals surface area (Å²) in [6, 6.07) is 8.38. The van der Waals surface area contributed by atoms with E-state index in [9.17, 15) is 18.0 Å². The van der Waals surface area contributed by atoms with Crippen molar-refractivity contribution in [3.63, 3.8) is 0 Å². The van der Waals surface area contributed by atoms with Gasteiger partial charge in [-0.25, -0.2) is 4.98 Å². The summed E-state index contributed by atoms with van der Waals surface area (Å²) in [6.07, 6.45) is 0.141. The summed E-state index contributed by atoms with van der Waals surface area (Å²) >= 11 is 0. The molecule has 3 aromatic heterocycles. The number of alkyl halides is 3. The van der Waals surface area contributed by atoms with Gasteiger partial charge in [-0.1, -0.05) is 11.2 Å². The highest BCUT2D eigenvalue weighted by atomic mass is 19.4. The van der Waals surface area contributed by atoms with E-state index in [1.807, 2.05) is 0 Å². The van der Waals surface area contributed by atoms with Gasteiger partial charge in [0.05, 0.1) is 18.2 Å². The summed E-state index contributed by atoms with van der Waals surface area (Å²) in [5.74, 6) is 0.505. The van der Waals surface area contributed by atoms with Gasteiger partial charge in [-0.3, -0.25) is 4.79 Å². The van der Waals surface area contributed by atoms with Crippen LogP contribution in [0.3, 0.4) is 0 Å².